The van der Waals surface area contributed by atoms with Gasteiger partial charge in [0.05, 0.1) is 5.52 Å². The van der Waals surface area contributed by atoms with Crippen LogP contribution in [0.15, 0.2) is 97.1 Å². The van der Waals surface area contributed by atoms with E-state index in [-0.39, 0.29) is 5.41 Å². The van der Waals surface area contributed by atoms with Crippen molar-refractivity contribution in [2.75, 3.05) is 0 Å². The molecule has 3 aromatic carbocycles. The summed E-state index contributed by atoms with van der Waals surface area (Å²) in [5, 5.41) is 4.24. The van der Waals surface area contributed by atoms with Crippen molar-refractivity contribution in [1.29, 1.82) is 0 Å². The molecule has 2 heteroatoms. The van der Waals surface area contributed by atoms with Gasteiger partial charge in [-0.2, -0.15) is 0 Å². The molecule has 0 radical (unpaired) electrons. The molecule has 33 heavy (non-hydrogen) atoms. The average Bonchev–Trinajstić information content (AvgIpc) is 3.18. The molecule has 1 heterocycles. The van der Waals surface area contributed by atoms with Gasteiger partial charge in [0.1, 0.15) is 0 Å². The standard InChI is InChI=1S/C31H32NP/c1-30(2)25-20-21-31(30,3)28(27-19-18-22-12-10-11-17-26(22)32-27)29(25)33(23-13-6-4-7-14-23)24-15-8-5-9-16-24/h4-19,25,28-29H,20-21H2,1-3H3/t25-,28+,29-,31+/m1/s1. The van der Waals surface area contributed by atoms with Crippen molar-refractivity contribution in [3.05, 3.63) is 103 Å². The molecule has 2 aliphatic rings. The molecule has 0 saturated heterocycles. The molecule has 166 valence electrons. The fraction of sp³-hybridized carbons (Fsp3) is 0.323. The Kier molecular flexibility index (Phi) is 4.96. The van der Waals surface area contributed by atoms with Crippen LogP contribution in [0, 0.1) is 16.7 Å². The SMILES string of the molecule is CC1(C)[C@@H]2CC[C@@]1(C)[C@@H](c1ccc3ccccc3n1)[C@@H]2P(c1ccccc1)c1ccccc1. The van der Waals surface area contributed by atoms with Crippen molar-refractivity contribution in [3.63, 3.8) is 0 Å². The van der Waals surface area contributed by atoms with Gasteiger partial charge in [-0.15, -0.1) is 0 Å². The molecule has 0 aliphatic heterocycles. The molecule has 2 bridgehead atoms. The van der Waals surface area contributed by atoms with Crippen molar-refractivity contribution < 1.29 is 0 Å². The first-order chi connectivity index (χ1) is 16.0. The molecule has 0 N–H and O–H groups in total. The number of rotatable bonds is 4. The minimum atomic E-state index is -0.503. The highest BCUT2D eigenvalue weighted by Crippen LogP contribution is 2.76. The van der Waals surface area contributed by atoms with E-state index in [1.165, 1.54) is 34.5 Å². The monoisotopic (exact) mass is 449 g/mol. The van der Waals surface area contributed by atoms with Crippen molar-refractivity contribution >= 4 is 29.4 Å². The van der Waals surface area contributed by atoms with Crippen molar-refractivity contribution in [1.82, 2.24) is 4.98 Å². The minimum Gasteiger partial charge on any atom is -0.253 e. The lowest BCUT2D eigenvalue weighted by molar-refractivity contribution is 0.133. The second kappa shape index (κ2) is 7.78. The lowest BCUT2D eigenvalue weighted by Gasteiger charge is -2.42. The molecule has 2 aliphatic carbocycles. The third-order valence-corrected chi connectivity index (χ3v) is 12.1. The number of hydrogen-bond donors (Lipinski definition) is 0. The van der Waals surface area contributed by atoms with Gasteiger partial charge >= 0.3 is 0 Å². The summed E-state index contributed by atoms with van der Waals surface area (Å²) in [5.41, 5.74) is 3.56. The smallest absolute Gasteiger partial charge is 0.0705 e. The van der Waals surface area contributed by atoms with Gasteiger partial charge in [0, 0.05) is 17.0 Å². The summed E-state index contributed by atoms with van der Waals surface area (Å²) in [5.74, 6) is 1.16. The van der Waals surface area contributed by atoms with Gasteiger partial charge < -0.3 is 0 Å². The first kappa shape index (κ1) is 21.1. The predicted molar refractivity (Wildman–Crippen MR) is 142 cm³/mol. The van der Waals surface area contributed by atoms with Crippen LogP contribution < -0.4 is 10.6 Å². The van der Waals surface area contributed by atoms with E-state index in [1.54, 1.807) is 0 Å². The fourth-order valence-corrected chi connectivity index (χ4v) is 10.7. The van der Waals surface area contributed by atoms with Crippen molar-refractivity contribution in [2.45, 2.75) is 45.2 Å². The summed E-state index contributed by atoms with van der Waals surface area (Å²) in [4.78, 5) is 5.32. The molecule has 6 rings (SSSR count). The maximum atomic E-state index is 5.32. The van der Waals surface area contributed by atoms with Crippen LogP contribution in [0.25, 0.3) is 10.9 Å². The third-order valence-electron chi connectivity index (χ3n) is 9.12. The molecular weight excluding hydrogens is 417 g/mol. The van der Waals surface area contributed by atoms with E-state index < -0.39 is 7.92 Å². The lowest BCUT2D eigenvalue weighted by Crippen LogP contribution is -2.35. The van der Waals surface area contributed by atoms with Gasteiger partial charge in [-0.25, -0.2) is 0 Å². The van der Waals surface area contributed by atoms with Crippen LogP contribution >= 0.6 is 7.92 Å². The Morgan fingerprint density at radius 2 is 1.33 bits per heavy atom. The molecule has 0 unspecified atom stereocenters. The Morgan fingerprint density at radius 1 is 0.727 bits per heavy atom. The van der Waals surface area contributed by atoms with E-state index in [9.17, 15) is 0 Å². The van der Waals surface area contributed by atoms with E-state index in [2.05, 4.69) is 118 Å². The first-order valence-corrected chi connectivity index (χ1v) is 13.7. The van der Waals surface area contributed by atoms with Gasteiger partial charge in [-0.05, 0) is 65.9 Å². The molecular formula is C31H32NP. The van der Waals surface area contributed by atoms with Gasteiger partial charge in [-0.3, -0.25) is 4.98 Å². The topological polar surface area (TPSA) is 12.9 Å². The number of nitrogens with zero attached hydrogens (tertiary/aromatic N) is 1. The number of pyridine rings is 1. The number of fused-ring (bicyclic) bond motifs is 3. The van der Waals surface area contributed by atoms with E-state index in [1.807, 2.05) is 0 Å². The van der Waals surface area contributed by atoms with E-state index in [0.29, 0.717) is 22.9 Å². The van der Waals surface area contributed by atoms with Crippen LogP contribution in [0.2, 0.25) is 0 Å². The quantitative estimate of drug-likeness (QED) is 0.298. The van der Waals surface area contributed by atoms with Gasteiger partial charge in [0.15, 0.2) is 0 Å². The maximum absolute atomic E-state index is 5.32. The Bertz CT molecular complexity index is 1240. The van der Waals surface area contributed by atoms with Gasteiger partial charge in [0.2, 0.25) is 0 Å². The van der Waals surface area contributed by atoms with E-state index >= 15 is 0 Å². The Balaban J connectivity index is 1.57. The Morgan fingerprint density at radius 3 is 2.00 bits per heavy atom. The van der Waals surface area contributed by atoms with Crippen molar-refractivity contribution in [2.24, 2.45) is 16.7 Å². The zero-order valence-corrected chi connectivity index (χ0v) is 20.7. The highest BCUT2D eigenvalue weighted by atomic mass is 31.1. The molecule has 4 atom stereocenters. The predicted octanol–water partition coefficient (Wildman–Crippen LogP) is 7.28. The van der Waals surface area contributed by atoms with Crippen LogP contribution in [0.5, 0.6) is 0 Å². The fourth-order valence-electron chi connectivity index (χ4n) is 7.08. The summed E-state index contributed by atoms with van der Waals surface area (Å²) in [6.07, 6.45) is 2.63. The van der Waals surface area contributed by atoms with Gasteiger partial charge in [0.25, 0.3) is 0 Å². The molecule has 0 spiro atoms. The largest absolute Gasteiger partial charge is 0.253 e. The number of hydrogen-bond acceptors (Lipinski definition) is 1. The molecule has 1 nitrogen and oxygen atoms in total. The number of para-hydroxylation sites is 1. The Hall–Kier alpha value is -2.50. The second-order valence-corrected chi connectivity index (χ2v) is 13.1. The zero-order chi connectivity index (χ0) is 22.6. The highest BCUT2D eigenvalue weighted by molar-refractivity contribution is 7.73. The average molecular weight is 450 g/mol. The first-order valence-electron chi connectivity index (χ1n) is 12.3. The van der Waals surface area contributed by atoms with Crippen LogP contribution in [0.4, 0.5) is 0 Å². The molecule has 2 saturated carbocycles. The van der Waals surface area contributed by atoms with Crippen molar-refractivity contribution in [3.8, 4) is 0 Å². The van der Waals surface area contributed by atoms with Crippen LogP contribution in [0.3, 0.4) is 0 Å². The second-order valence-electron chi connectivity index (χ2n) is 10.7. The summed E-state index contributed by atoms with van der Waals surface area (Å²) in [6.45, 7) is 7.66. The summed E-state index contributed by atoms with van der Waals surface area (Å²) >= 11 is 0. The molecule has 0 amide bonds. The van der Waals surface area contributed by atoms with E-state index in [0.717, 1.165) is 5.52 Å². The normalized spacial score (nSPS) is 27.9. The van der Waals surface area contributed by atoms with Crippen LogP contribution in [-0.4, -0.2) is 10.6 Å². The van der Waals surface area contributed by atoms with Crippen LogP contribution in [-0.2, 0) is 0 Å². The minimum absolute atomic E-state index is 0.252. The number of aromatic nitrogens is 1. The summed E-state index contributed by atoms with van der Waals surface area (Å²) < 4.78 is 0. The van der Waals surface area contributed by atoms with Crippen LogP contribution in [0.1, 0.15) is 45.2 Å². The third kappa shape index (κ3) is 3.12. The maximum Gasteiger partial charge on any atom is 0.0705 e. The number of benzene rings is 3. The highest BCUT2D eigenvalue weighted by Gasteiger charge is 2.68. The van der Waals surface area contributed by atoms with Gasteiger partial charge in [-0.1, -0.05) is 106 Å². The summed E-state index contributed by atoms with van der Waals surface area (Å²) in [7, 11) is -0.503. The zero-order valence-electron chi connectivity index (χ0n) is 19.8. The van der Waals surface area contributed by atoms with E-state index in [4.69, 9.17) is 4.98 Å². The Labute approximate surface area is 199 Å². The summed E-state index contributed by atoms with van der Waals surface area (Å²) in [6, 6.07) is 35.8. The molecule has 1 aromatic heterocycles. The lowest BCUT2D eigenvalue weighted by atomic mass is 9.66. The molecule has 4 aromatic rings. The molecule has 2 fully saturated rings.